The molecule has 1 amide bonds. The van der Waals surface area contributed by atoms with E-state index in [-0.39, 0.29) is 24.4 Å². The molecule has 1 aromatic rings. The Morgan fingerprint density at radius 1 is 1.48 bits per heavy atom. The predicted molar refractivity (Wildman–Crippen MR) is 87.1 cm³/mol. The SMILES string of the molecule is CCC1(C(=O)NC(C)c2ccccc2OC)CCCN1.Cl. The summed E-state index contributed by atoms with van der Waals surface area (Å²) in [7, 11) is 1.65. The number of methoxy groups -OCH3 is 1. The molecule has 0 aromatic heterocycles. The van der Waals surface area contributed by atoms with Gasteiger partial charge in [0.1, 0.15) is 5.75 Å². The lowest BCUT2D eigenvalue weighted by Gasteiger charge is -2.29. The van der Waals surface area contributed by atoms with Crippen molar-refractivity contribution in [2.24, 2.45) is 0 Å². The normalized spacial score (nSPS) is 22.2. The Kier molecular flexibility index (Phi) is 6.49. The Bertz CT molecular complexity index is 473. The van der Waals surface area contributed by atoms with Crippen molar-refractivity contribution in [2.45, 2.75) is 44.7 Å². The summed E-state index contributed by atoms with van der Waals surface area (Å²) in [4.78, 5) is 12.6. The second-order valence-corrected chi connectivity index (χ2v) is 5.40. The van der Waals surface area contributed by atoms with Crippen molar-refractivity contribution in [3.05, 3.63) is 29.8 Å². The van der Waals surface area contributed by atoms with E-state index in [2.05, 4.69) is 17.6 Å². The number of rotatable bonds is 5. The molecule has 1 aliphatic rings. The number of hydrogen-bond acceptors (Lipinski definition) is 3. The van der Waals surface area contributed by atoms with Gasteiger partial charge in [-0.25, -0.2) is 0 Å². The maximum atomic E-state index is 12.6. The van der Waals surface area contributed by atoms with Crippen LogP contribution in [0.4, 0.5) is 0 Å². The van der Waals surface area contributed by atoms with Crippen molar-refractivity contribution in [2.75, 3.05) is 13.7 Å². The van der Waals surface area contributed by atoms with Crippen molar-refractivity contribution in [1.29, 1.82) is 0 Å². The zero-order chi connectivity index (χ0) is 14.6. The first kappa shape index (κ1) is 17.8. The summed E-state index contributed by atoms with van der Waals surface area (Å²) in [5, 5.41) is 6.48. The quantitative estimate of drug-likeness (QED) is 0.879. The molecule has 0 saturated carbocycles. The van der Waals surface area contributed by atoms with Gasteiger partial charge in [-0.1, -0.05) is 25.1 Å². The Morgan fingerprint density at radius 2 is 2.19 bits per heavy atom. The third-order valence-corrected chi connectivity index (χ3v) is 4.23. The van der Waals surface area contributed by atoms with E-state index < -0.39 is 5.54 Å². The highest BCUT2D eigenvalue weighted by Gasteiger charge is 2.39. The number of hydrogen-bond donors (Lipinski definition) is 2. The standard InChI is InChI=1S/C16H24N2O2.ClH/c1-4-16(10-7-11-17-16)15(19)18-12(2)13-8-5-6-9-14(13)20-3;/h5-6,8-9,12,17H,4,7,10-11H2,1-3H3,(H,18,19);1H. The molecular formula is C16H25ClN2O2. The summed E-state index contributed by atoms with van der Waals surface area (Å²) >= 11 is 0. The minimum absolute atomic E-state index is 0. The minimum atomic E-state index is -0.393. The summed E-state index contributed by atoms with van der Waals surface area (Å²) < 4.78 is 5.36. The summed E-state index contributed by atoms with van der Waals surface area (Å²) in [6.07, 6.45) is 2.79. The van der Waals surface area contributed by atoms with E-state index in [4.69, 9.17) is 4.74 Å². The Balaban J connectivity index is 0.00000220. The summed E-state index contributed by atoms with van der Waals surface area (Å²) in [5.74, 6) is 0.904. The molecule has 5 heteroatoms. The molecule has 1 fully saturated rings. The summed E-state index contributed by atoms with van der Waals surface area (Å²) in [6, 6.07) is 7.74. The van der Waals surface area contributed by atoms with E-state index in [0.29, 0.717) is 0 Å². The van der Waals surface area contributed by atoms with Gasteiger partial charge in [0.05, 0.1) is 18.7 Å². The maximum absolute atomic E-state index is 12.6. The highest BCUT2D eigenvalue weighted by Crippen LogP contribution is 2.27. The monoisotopic (exact) mass is 312 g/mol. The fourth-order valence-corrected chi connectivity index (χ4v) is 2.90. The van der Waals surface area contributed by atoms with Gasteiger partial charge >= 0.3 is 0 Å². The van der Waals surface area contributed by atoms with E-state index >= 15 is 0 Å². The van der Waals surface area contributed by atoms with Gasteiger partial charge in [0, 0.05) is 5.56 Å². The molecule has 2 rings (SSSR count). The molecule has 1 heterocycles. The van der Waals surface area contributed by atoms with Crippen molar-refractivity contribution in [1.82, 2.24) is 10.6 Å². The summed E-state index contributed by atoms with van der Waals surface area (Å²) in [6.45, 7) is 4.98. The average Bonchev–Trinajstić information content (AvgIpc) is 2.97. The average molecular weight is 313 g/mol. The van der Waals surface area contributed by atoms with Gasteiger partial charge in [-0.3, -0.25) is 4.79 Å². The van der Waals surface area contributed by atoms with Gasteiger partial charge in [0.2, 0.25) is 5.91 Å². The first-order chi connectivity index (χ1) is 9.63. The molecule has 2 atom stereocenters. The van der Waals surface area contributed by atoms with Gasteiger partial charge < -0.3 is 15.4 Å². The number of halogens is 1. The molecular weight excluding hydrogens is 288 g/mol. The largest absolute Gasteiger partial charge is 0.496 e. The number of ether oxygens (including phenoxy) is 1. The second-order valence-electron chi connectivity index (χ2n) is 5.40. The van der Waals surface area contributed by atoms with Crippen LogP contribution in [0.25, 0.3) is 0 Å². The van der Waals surface area contributed by atoms with Crippen LogP contribution in [-0.4, -0.2) is 25.1 Å². The van der Waals surface area contributed by atoms with E-state index in [0.717, 1.165) is 37.1 Å². The lowest BCUT2D eigenvalue weighted by Crippen LogP contribution is -2.53. The smallest absolute Gasteiger partial charge is 0.240 e. The second kappa shape index (κ2) is 7.66. The first-order valence-corrected chi connectivity index (χ1v) is 7.32. The van der Waals surface area contributed by atoms with Crippen molar-refractivity contribution in [3.63, 3.8) is 0 Å². The Hall–Kier alpha value is -1.26. The van der Waals surface area contributed by atoms with E-state index in [9.17, 15) is 4.79 Å². The molecule has 2 unspecified atom stereocenters. The lowest BCUT2D eigenvalue weighted by molar-refractivity contribution is -0.128. The van der Waals surface area contributed by atoms with Crippen molar-refractivity contribution in [3.8, 4) is 5.75 Å². The highest BCUT2D eigenvalue weighted by molar-refractivity contribution is 5.87. The zero-order valence-corrected chi connectivity index (χ0v) is 13.8. The third-order valence-electron chi connectivity index (χ3n) is 4.23. The molecule has 21 heavy (non-hydrogen) atoms. The molecule has 2 N–H and O–H groups in total. The Morgan fingerprint density at radius 3 is 2.76 bits per heavy atom. The Labute approximate surface area is 133 Å². The third kappa shape index (κ3) is 3.69. The molecule has 1 saturated heterocycles. The molecule has 0 radical (unpaired) electrons. The van der Waals surface area contributed by atoms with Crippen LogP contribution in [0.3, 0.4) is 0 Å². The molecule has 1 aliphatic heterocycles. The van der Waals surface area contributed by atoms with Crippen LogP contribution in [0.1, 0.15) is 44.7 Å². The van der Waals surface area contributed by atoms with E-state index in [1.54, 1.807) is 7.11 Å². The van der Waals surface area contributed by atoms with Gasteiger partial charge in [-0.15, -0.1) is 12.4 Å². The number of benzene rings is 1. The van der Waals surface area contributed by atoms with Crippen LogP contribution in [0.15, 0.2) is 24.3 Å². The van der Waals surface area contributed by atoms with Crippen LogP contribution in [0.2, 0.25) is 0 Å². The van der Waals surface area contributed by atoms with Crippen LogP contribution >= 0.6 is 12.4 Å². The first-order valence-electron chi connectivity index (χ1n) is 7.32. The number of amides is 1. The van der Waals surface area contributed by atoms with Crippen LogP contribution in [0.5, 0.6) is 5.75 Å². The minimum Gasteiger partial charge on any atom is -0.496 e. The molecule has 4 nitrogen and oxygen atoms in total. The predicted octanol–water partition coefficient (Wildman–Crippen LogP) is 2.83. The molecule has 0 spiro atoms. The molecule has 1 aromatic carbocycles. The van der Waals surface area contributed by atoms with Crippen LogP contribution in [-0.2, 0) is 4.79 Å². The van der Waals surface area contributed by atoms with Gasteiger partial charge in [-0.05, 0) is 38.8 Å². The van der Waals surface area contributed by atoms with E-state index in [1.807, 2.05) is 31.2 Å². The molecule has 118 valence electrons. The van der Waals surface area contributed by atoms with Gasteiger partial charge in [-0.2, -0.15) is 0 Å². The maximum Gasteiger partial charge on any atom is 0.240 e. The molecule has 0 aliphatic carbocycles. The molecule has 0 bridgehead atoms. The zero-order valence-electron chi connectivity index (χ0n) is 12.9. The van der Waals surface area contributed by atoms with Crippen molar-refractivity contribution >= 4 is 18.3 Å². The lowest BCUT2D eigenvalue weighted by atomic mass is 9.92. The fourth-order valence-electron chi connectivity index (χ4n) is 2.90. The van der Waals surface area contributed by atoms with Crippen LogP contribution < -0.4 is 15.4 Å². The van der Waals surface area contributed by atoms with Crippen molar-refractivity contribution < 1.29 is 9.53 Å². The highest BCUT2D eigenvalue weighted by atomic mass is 35.5. The van der Waals surface area contributed by atoms with Gasteiger partial charge in [0.15, 0.2) is 0 Å². The van der Waals surface area contributed by atoms with E-state index in [1.165, 1.54) is 0 Å². The van der Waals surface area contributed by atoms with Gasteiger partial charge in [0.25, 0.3) is 0 Å². The van der Waals surface area contributed by atoms with Crippen LogP contribution in [0, 0.1) is 0 Å². The number of para-hydroxylation sites is 1. The topological polar surface area (TPSA) is 50.4 Å². The number of carbonyl (C=O) groups excluding carboxylic acids is 1. The fraction of sp³-hybridized carbons (Fsp3) is 0.562. The number of carbonyl (C=O) groups is 1. The number of nitrogens with one attached hydrogen (secondary N) is 2. The summed E-state index contributed by atoms with van der Waals surface area (Å²) in [5.41, 5.74) is 0.614.